The van der Waals surface area contributed by atoms with E-state index in [-0.39, 0.29) is 0 Å². The number of hydrogen-bond donors (Lipinski definition) is 1. The molecule has 0 aliphatic carbocycles. The van der Waals surface area contributed by atoms with Crippen molar-refractivity contribution in [1.82, 2.24) is 4.57 Å². The number of aromatic nitrogens is 1. The van der Waals surface area contributed by atoms with E-state index in [1.165, 1.54) is 5.56 Å². The second-order valence-corrected chi connectivity index (χ2v) is 3.95. The zero-order valence-electron chi connectivity index (χ0n) is 9.47. The molecule has 0 aliphatic rings. The molecule has 0 fully saturated rings. The van der Waals surface area contributed by atoms with Gasteiger partial charge in [-0.15, -0.1) is 0 Å². The SMILES string of the molecule is CCc1cn(C(C)C(=O)O)c2ccccc12. The van der Waals surface area contributed by atoms with E-state index in [0.29, 0.717) is 0 Å². The molecule has 1 aromatic carbocycles. The van der Waals surface area contributed by atoms with E-state index in [1.54, 1.807) is 6.92 Å². The molecule has 0 saturated heterocycles. The van der Waals surface area contributed by atoms with E-state index in [9.17, 15) is 4.79 Å². The number of nitrogens with zero attached hydrogens (tertiary/aromatic N) is 1. The monoisotopic (exact) mass is 217 g/mol. The Kier molecular flexibility index (Phi) is 2.69. The van der Waals surface area contributed by atoms with Crippen LogP contribution in [0.3, 0.4) is 0 Å². The normalized spacial score (nSPS) is 12.9. The summed E-state index contributed by atoms with van der Waals surface area (Å²) < 4.78 is 1.83. The van der Waals surface area contributed by atoms with Gasteiger partial charge in [0.1, 0.15) is 6.04 Å². The maximum Gasteiger partial charge on any atom is 0.326 e. The van der Waals surface area contributed by atoms with Gasteiger partial charge in [-0.1, -0.05) is 25.1 Å². The summed E-state index contributed by atoms with van der Waals surface area (Å²) in [6.07, 6.45) is 2.86. The van der Waals surface area contributed by atoms with Gasteiger partial charge >= 0.3 is 5.97 Å². The predicted molar refractivity (Wildman–Crippen MR) is 63.7 cm³/mol. The standard InChI is InChI=1S/C13H15NO2/c1-3-10-8-14(9(2)13(15)16)12-7-5-4-6-11(10)12/h4-9H,3H2,1-2H3,(H,15,16). The Bertz CT molecular complexity index is 528. The van der Waals surface area contributed by atoms with Gasteiger partial charge in [0.2, 0.25) is 0 Å². The molecule has 0 radical (unpaired) electrons. The quantitative estimate of drug-likeness (QED) is 0.859. The van der Waals surface area contributed by atoms with Crippen LogP contribution >= 0.6 is 0 Å². The number of aliphatic carboxylic acids is 1. The maximum absolute atomic E-state index is 11.0. The summed E-state index contributed by atoms with van der Waals surface area (Å²) in [4.78, 5) is 11.0. The Labute approximate surface area is 94.3 Å². The third-order valence-electron chi connectivity index (χ3n) is 2.98. The Hall–Kier alpha value is -1.77. The summed E-state index contributed by atoms with van der Waals surface area (Å²) in [5.74, 6) is -0.802. The van der Waals surface area contributed by atoms with Crippen LogP contribution in [-0.2, 0) is 11.2 Å². The highest BCUT2D eigenvalue weighted by Crippen LogP contribution is 2.25. The van der Waals surface area contributed by atoms with Crippen molar-refractivity contribution < 1.29 is 9.90 Å². The van der Waals surface area contributed by atoms with E-state index in [1.807, 2.05) is 35.0 Å². The molecule has 2 rings (SSSR count). The van der Waals surface area contributed by atoms with Gasteiger partial charge in [-0.2, -0.15) is 0 Å². The van der Waals surface area contributed by atoms with E-state index in [2.05, 4.69) is 6.92 Å². The number of carbonyl (C=O) groups is 1. The van der Waals surface area contributed by atoms with Crippen molar-refractivity contribution in [3.8, 4) is 0 Å². The third-order valence-corrected chi connectivity index (χ3v) is 2.98. The number of rotatable bonds is 3. The molecule has 0 amide bonds. The molecule has 1 heterocycles. The number of fused-ring (bicyclic) bond motifs is 1. The van der Waals surface area contributed by atoms with Crippen molar-refractivity contribution in [2.75, 3.05) is 0 Å². The lowest BCUT2D eigenvalue weighted by atomic mass is 10.1. The van der Waals surface area contributed by atoms with Gasteiger partial charge in [0.15, 0.2) is 0 Å². The molecule has 0 saturated carbocycles. The van der Waals surface area contributed by atoms with E-state index < -0.39 is 12.0 Å². The van der Waals surface area contributed by atoms with Crippen molar-refractivity contribution in [2.45, 2.75) is 26.3 Å². The number of hydrogen-bond acceptors (Lipinski definition) is 1. The van der Waals surface area contributed by atoms with Gasteiger partial charge in [-0.05, 0) is 25.0 Å². The molecule has 1 N–H and O–H groups in total. The van der Waals surface area contributed by atoms with E-state index in [4.69, 9.17) is 5.11 Å². The first kappa shape index (κ1) is 10.7. The molecule has 2 aromatic rings. The van der Waals surface area contributed by atoms with Crippen LogP contribution in [0.15, 0.2) is 30.5 Å². The van der Waals surface area contributed by atoms with Crippen LogP contribution in [0.1, 0.15) is 25.5 Å². The molecule has 3 heteroatoms. The van der Waals surface area contributed by atoms with Crippen LogP contribution in [0.4, 0.5) is 0 Å². The van der Waals surface area contributed by atoms with Gasteiger partial charge in [0.05, 0.1) is 0 Å². The summed E-state index contributed by atoms with van der Waals surface area (Å²) in [6.45, 7) is 3.78. The van der Waals surface area contributed by atoms with Crippen LogP contribution in [0.2, 0.25) is 0 Å². The maximum atomic E-state index is 11.0. The fraction of sp³-hybridized carbons (Fsp3) is 0.308. The number of benzene rings is 1. The number of aryl methyl sites for hydroxylation is 1. The first-order chi connectivity index (χ1) is 7.65. The van der Waals surface area contributed by atoms with Gasteiger partial charge in [-0.25, -0.2) is 4.79 Å². The molecule has 0 aliphatic heterocycles. The molecule has 1 unspecified atom stereocenters. The first-order valence-electron chi connectivity index (χ1n) is 5.46. The van der Waals surface area contributed by atoms with Gasteiger partial charge in [-0.3, -0.25) is 0 Å². The van der Waals surface area contributed by atoms with Gasteiger partial charge < -0.3 is 9.67 Å². The first-order valence-corrected chi connectivity index (χ1v) is 5.46. The highest BCUT2D eigenvalue weighted by atomic mass is 16.4. The molecule has 3 nitrogen and oxygen atoms in total. The second kappa shape index (κ2) is 4.00. The Morgan fingerprint density at radius 3 is 2.75 bits per heavy atom. The fourth-order valence-electron chi connectivity index (χ4n) is 2.00. The minimum atomic E-state index is -0.802. The number of carboxylic acids is 1. The van der Waals surface area contributed by atoms with E-state index >= 15 is 0 Å². The molecule has 0 bridgehead atoms. The van der Waals surface area contributed by atoms with Crippen molar-refractivity contribution in [2.24, 2.45) is 0 Å². The van der Waals surface area contributed by atoms with Crippen LogP contribution < -0.4 is 0 Å². The number of carboxylic acid groups (broad SMARTS) is 1. The summed E-state index contributed by atoms with van der Waals surface area (Å²) in [6, 6.07) is 7.40. The minimum Gasteiger partial charge on any atom is -0.480 e. The van der Waals surface area contributed by atoms with Crippen LogP contribution in [-0.4, -0.2) is 15.6 Å². The molecule has 1 aromatic heterocycles. The van der Waals surface area contributed by atoms with E-state index in [0.717, 1.165) is 17.3 Å². The molecule has 0 spiro atoms. The Morgan fingerprint density at radius 2 is 2.12 bits per heavy atom. The van der Waals surface area contributed by atoms with Crippen LogP contribution in [0, 0.1) is 0 Å². The lowest BCUT2D eigenvalue weighted by Gasteiger charge is -2.09. The summed E-state index contributed by atoms with van der Waals surface area (Å²) in [5.41, 5.74) is 2.19. The highest BCUT2D eigenvalue weighted by molar-refractivity contribution is 5.86. The fourth-order valence-corrected chi connectivity index (χ4v) is 2.00. The largest absolute Gasteiger partial charge is 0.480 e. The Balaban J connectivity index is 2.66. The molecular formula is C13H15NO2. The summed E-state index contributed by atoms with van der Waals surface area (Å²) in [7, 11) is 0. The smallest absolute Gasteiger partial charge is 0.326 e. The molecule has 16 heavy (non-hydrogen) atoms. The van der Waals surface area contributed by atoms with Gasteiger partial charge in [0, 0.05) is 17.1 Å². The lowest BCUT2D eigenvalue weighted by Crippen LogP contribution is -2.14. The van der Waals surface area contributed by atoms with Crippen LogP contribution in [0.5, 0.6) is 0 Å². The summed E-state index contributed by atoms with van der Waals surface area (Å²) >= 11 is 0. The van der Waals surface area contributed by atoms with Crippen molar-refractivity contribution in [3.63, 3.8) is 0 Å². The predicted octanol–water partition coefficient (Wildman–Crippen LogP) is 2.85. The minimum absolute atomic E-state index is 0.523. The lowest BCUT2D eigenvalue weighted by molar-refractivity contribution is -0.140. The molecular weight excluding hydrogens is 202 g/mol. The zero-order chi connectivity index (χ0) is 11.7. The highest BCUT2D eigenvalue weighted by Gasteiger charge is 2.16. The van der Waals surface area contributed by atoms with Crippen LogP contribution in [0.25, 0.3) is 10.9 Å². The summed E-state index contributed by atoms with van der Waals surface area (Å²) in [5, 5.41) is 10.2. The zero-order valence-corrected chi connectivity index (χ0v) is 9.47. The molecule has 84 valence electrons. The van der Waals surface area contributed by atoms with Crippen molar-refractivity contribution in [1.29, 1.82) is 0 Å². The average Bonchev–Trinajstić information content (AvgIpc) is 2.66. The van der Waals surface area contributed by atoms with Crippen molar-refractivity contribution >= 4 is 16.9 Å². The topological polar surface area (TPSA) is 42.2 Å². The molecule has 1 atom stereocenters. The Morgan fingerprint density at radius 1 is 1.44 bits per heavy atom. The average molecular weight is 217 g/mol. The third kappa shape index (κ3) is 1.58. The second-order valence-electron chi connectivity index (χ2n) is 3.95. The van der Waals surface area contributed by atoms with Crippen molar-refractivity contribution in [3.05, 3.63) is 36.0 Å². The van der Waals surface area contributed by atoms with Gasteiger partial charge in [0.25, 0.3) is 0 Å². The number of para-hydroxylation sites is 1.